The zero-order valence-corrected chi connectivity index (χ0v) is 21.9. The second kappa shape index (κ2) is 10.7. The number of aliphatic hydroxyl groups is 2. The van der Waals surface area contributed by atoms with Crippen molar-refractivity contribution in [3.63, 3.8) is 0 Å². The van der Waals surface area contributed by atoms with Crippen LogP contribution in [0, 0.1) is 6.92 Å². The molecular formula is C17H22N5O13P3. The molecule has 4 rings (SSSR count). The van der Waals surface area contributed by atoms with Crippen LogP contribution in [0.5, 0.6) is 5.75 Å². The van der Waals surface area contributed by atoms with E-state index in [1.165, 1.54) is 35.2 Å². The molecule has 1 aliphatic rings. The van der Waals surface area contributed by atoms with Crippen LogP contribution < -0.4 is 10.3 Å². The number of phosphoric ester groups is 2. The summed E-state index contributed by atoms with van der Waals surface area (Å²) in [6.07, 6.45) is -3.66. The highest BCUT2D eigenvalue weighted by molar-refractivity contribution is 7.67. The van der Waals surface area contributed by atoms with Gasteiger partial charge >= 0.3 is 23.5 Å². The Balaban J connectivity index is 1.37. The molecule has 1 saturated heterocycles. The van der Waals surface area contributed by atoms with Crippen LogP contribution in [-0.4, -0.2) is 69.3 Å². The first kappa shape index (κ1) is 28.7. The summed E-state index contributed by atoms with van der Waals surface area (Å²) in [5, 5.41) is 20.7. The van der Waals surface area contributed by atoms with E-state index >= 15 is 0 Å². The van der Waals surface area contributed by atoms with Crippen molar-refractivity contribution in [3.8, 4) is 5.75 Å². The van der Waals surface area contributed by atoms with Crippen molar-refractivity contribution in [2.45, 2.75) is 31.5 Å². The minimum absolute atomic E-state index is 0.0485. The molecular weight excluding hydrogens is 575 g/mol. The van der Waals surface area contributed by atoms with Gasteiger partial charge in [0.2, 0.25) is 0 Å². The zero-order valence-electron chi connectivity index (χ0n) is 19.2. The average molecular weight is 597 g/mol. The molecule has 7 N–H and O–H groups in total. The summed E-state index contributed by atoms with van der Waals surface area (Å²) in [5.41, 5.74) is 6.85. The van der Waals surface area contributed by atoms with Crippen LogP contribution in [0.15, 0.2) is 36.9 Å². The van der Waals surface area contributed by atoms with E-state index in [-0.39, 0.29) is 22.7 Å². The minimum atomic E-state index is -5.72. The highest BCUT2D eigenvalue weighted by atomic mass is 31.3. The molecule has 3 aromatic rings. The van der Waals surface area contributed by atoms with Crippen molar-refractivity contribution < 1.29 is 61.0 Å². The Morgan fingerprint density at radius 3 is 2.32 bits per heavy atom. The number of hydrogen-bond donors (Lipinski definition) is 6. The number of nitrogens with two attached hydrogens (primary N) is 1. The van der Waals surface area contributed by atoms with Gasteiger partial charge in [-0.3, -0.25) is 14.0 Å². The number of imidazole rings is 1. The first-order chi connectivity index (χ1) is 17.7. The molecule has 0 bridgehead atoms. The van der Waals surface area contributed by atoms with E-state index in [0.29, 0.717) is 0 Å². The van der Waals surface area contributed by atoms with Gasteiger partial charge in [0.25, 0.3) is 0 Å². The summed E-state index contributed by atoms with van der Waals surface area (Å²) in [4.78, 5) is 41.1. The Hall–Kier alpha value is -2.30. The maximum atomic E-state index is 12.2. The highest BCUT2D eigenvalue weighted by Gasteiger charge is 2.47. The molecule has 0 spiro atoms. The summed E-state index contributed by atoms with van der Waals surface area (Å²) < 4.78 is 60.4. The summed E-state index contributed by atoms with van der Waals surface area (Å²) >= 11 is 0. The topological polar surface area (TPSA) is 268 Å². The maximum absolute atomic E-state index is 12.2. The molecule has 21 heteroatoms. The number of anilines is 1. The number of rotatable bonds is 10. The number of aromatic nitrogens is 4. The van der Waals surface area contributed by atoms with E-state index in [1.807, 2.05) is 0 Å². The Morgan fingerprint density at radius 1 is 0.974 bits per heavy atom. The fraction of sp³-hybridized carbons (Fsp3) is 0.353. The largest absolute Gasteiger partial charge is 0.536 e. The standard InChI is InChI=1S/C17H22N5O13P3/c1-9-2-4-10(5-3-9)33-37(27,28)35-38(29,30)34-36(25,26)31-6-11-13(23)14(24)17(32-11)22-8-21-12-15(18)19-7-20-16(12)22/h2-5,7-8,11,13-14,17,23-24H,6H2,1H3,(H,25,26)(H,27,28)(H,29,30)(H2,18,19,20)/t11-,13-,14-,17-/m1/s1. The first-order valence-corrected chi connectivity index (χ1v) is 14.9. The lowest BCUT2D eigenvalue weighted by Crippen LogP contribution is -2.33. The second-order valence-corrected chi connectivity index (χ2v) is 12.5. The van der Waals surface area contributed by atoms with Crippen molar-refractivity contribution in [1.82, 2.24) is 19.5 Å². The number of phosphoric acid groups is 3. The molecule has 1 aromatic carbocycles. The number of ether oxygens (including phenoxy) is 1. The van der Waals surface area contributed by atoms with Gasteiger partial charge in [-0.05, 0) is 19.1 Å². The SMILES string of the molecule is Cc1ccc(OP(=O)(O)OP(=O)(O)OP(=O)(O)OC[C@H]2O[C@@H](n3cnc4c(N)ncnc43)[C@H](O)[C@@H]2O)cc1. The molecule has 38 heavy (non-hydrogen) atoms. The van der Waals surface area contributed by atoms with Crippen LogP contribution in [0.4, 0.5) is 5.82 Å². The lowest BCUT2D eigenvalue weighted by molar-refractivity contribution is -0.0503. The Labute approximate surface area is 213 Å². The molecule has 2 aromatic heterocycles. The Morgan fingerprint density at radius 2 is 1.63 bits per heavy atom. The smallest absolute Gasteiger partial charge is 0.404 e. The van der Waals surface area contributed by atoms with Gasteiger partial charge in [0, 0.05) is 0 Å². The molecule has 1 fully saturated rings. The number of fused-ring (bicyclic) bond motifs is 1. The number of aryl methyl sites for hydroxylation is 1. The van der Waals surface area contributed by atoms with Gasteiger partial charge in [0.15, 0.2) is 17.7 Å². The van der Waals surface area contributed by atoms with Gasteiger partial charge in [0.05, 0.1) is 12.9 Å². The summed E-state index contributed by atoms with van der Waals surface area (Å²) in [6.45, 7) is 0.789. The van der Waals surface area contributed by atoms with Crippen molar-refractivity contribution >= 4 is 40.4 Å². The normalized spacial score (nSPS) is 26.5. The average Bonchev–Trinajstić information content (AvgIpc) is 3.34. The van der Waals surface area contributed by atoms with Crippen LogP contribution in [0.1, 0.15) is 11.8 Å². The third kappa shape index (κ3) is 6.63. The monoisotopic (exact) mass is 597 g/mol. The quantitative estimate of drug-likeness (QED) is 0.176. The molecule has 18 nitrogen and oxygen atoms in total. The predicted molar refractivity (Wildman–Crippen MR) is 125 cm³/mol. The van der Waals surface area contributed by atoms with E-state index in [1.54, 1.807) is 6.92 Å². The van der Waals surface area contributed by atoms with Crippen LogP contribution >= 0.6 is 23.5 Å². The van der Waals surface area contributed by atoms with Crippen LogP contribution in [-0.2, 0) is 31.6 Å². The van der Waals surface area contributed by atoms with Crippen molar-refractivity contribution in [2.24, 2.45) is 0 Å². The minimum Gasteiger partial charge on any atom is -0.404 e. The fourth-order valence-electron chi connectivity index (χ4n) is 3.37. The third-order valence-electron chi connectivity index (χ3n) is 5.05. The molecule has 7 atom stereocenters. The first-order valence-electron chi connectivity index (χ1n) is 10.4. The van der Waals surface area contributed by atoms with Gasteiger partial charge in [-0.2, -0.15) is 8.62 Å². The predicted octanol–water partition coefficient (Wildman–Crippen LogP) is 0.766. The molecule has 0 saturated carbocycles. The summed E-state index contributed by atoms with van der Waals surface area (Å²) in [7, 11) is -16.5. The van der Waals surface area contributed by atoms with Gasteiger partial charge in [0.1, 0.15) is 35.9 Å². The van der Waals surface area contributed by atoms with Crippen molar-refractivity contribution in [2.75, 3.05) is 12.3 Å². The van der Waals surface area contributed by atoms with Crippen molar-refractivity contribution in [3.05, 3.63) is 42.5 Å². The molecule has 3 heterocycles. The maximum Gasteiger partial charge on any atom is 0.536 e. The molecule has 1 aliphatic heterocycles. The summed E-state index contributed by atoms with van der Waals surface area (Å²) in [5.74, 6) is -0.155. The molecule has 3 unspecified atom stereocenters. The fourth-order valence-corrected chi connectivity index (χ4v) is 6.89. The lowest BCUT2D eigenvalue weighted by atomic mass is 10.1. The zero-order chi connectivity index (χ0) is 27.9. The van der Waals surface area contributed by atoms with E-state index in [9.17, 15) is 38.6 Å². The number of hydrogen-bond acceptors (Lipinski definition) is 14. The third-order valence-corrected chi connectivity index (χ3v) is 9.27. The Kier molecular flexibility index (Phi) is 8.08. The van der Waals surface area contributed by atoms with E-state index < -0.39 is 54.6 Å². The highest BCUT2D eigenvalue weighted by Crippen LogP contribution is 2.67. The van der Waals surface area contributed by atoms with Crippen LogP contribution in [0.2, 0.25) is 0 Å². The molecule has 208 valence electrons. The van der Waals surface area contributed by atoms with Gasteiger partial charge < -0.3 is 35.0 Å². The number of nitrogen functional groups attached to an aromatic ring is 1. The van der Waals surface area contributed by atoms with E-state index in [0.717, 1.165) is 11.9 Å². The summed E-state index contributed by atoms with van der Waals surface area (Å²) in [6, 6.07) is 5.57. The van der Waals surface area contributed by atoms with Gasteiger partial charge in [-0.1, -0.05) is 17.7 Å². The van der Waals surface area contributed by atoms with Crippen LogP contribution in [0.25, 0.3) is 11.2 Å². The van der Waals surface area contributed by atoms with Gasteiger partial charge in [-0.25, -0.2) is 28.6 Å². The number of benzene rings is 1. The molecule has 0 amide bonds. The molecule has 0 radical (unpaired) electrons. The number of nitrogens with zero attached hydrogens (tertiary/aromatic N) is 4. The second-order valence-electron chi connectivity index (χ2n) is 7.90. The lowest BCUT2D eigenvalue weighted by Gasteiger charge is -2.20. The van der Waals surface area contributed by atoms with E-state index in [4.69, 9.17) is 10.5 Å². The van der Waals surface area contributed by atoms with Gasteiger partial charge in [-0.15, -0.1) is 0 Å². The number of aliphatic hydroxyl groups excluding tert-OH is 2. The Bertz CT molecular complexity index is 1450. The van der Waals surface area contributed by atoms with Crippen molar-refractivity contribution in [1.29, 1.82) is 0 Å². The molecule has 0 aliphatic carbocycles. The van der Waals surface area contributed by atoms with E-state index in [2.05, 4.69) is 32.6 Å². The van der Waals surface area contributed by atoms with Crippen LogP contribution in [0.3, 0.4) is 0 Å².